The van der Waals surface area contributed by atoms with Crippen LogP contribution in [0.3, 0.4) is 0 Å². The molecule has 0 radical (unpaired) electrons. The fourth-order valence-electron chi connectivity index (χ4n) is 1.17. The first-order valence-electron chi connectivity index (χ1n) is 4.65. The number of pyridine rings is 1. The Morgan fingerprint density at radius 3 is 2.71 bits per heavy atom. The lowest BCUT2D eigenvalue weighted by Crippen LogP contribution is -2.02. The first-order chi connectivity index (χ1) is 8.22. The van der Waals surface area contributed by atoms with Crippen molar-refractivity contribution in [3.8, 4) is 17.6 Å². The van der Waals surface area contributed by atoms with Gasteiger partial charge >= 0.3 is 0 Å². The van der Waals surface area contributed by atoms with Gasteiger partial charge in [-0.3, -0.25) is 4.98 Å². The molecule has 0 amide bonds. The summed E-state index contributed by atoms with van der Waals surface area (Å²) in [5.74, 6) is 0.567. The van der Waals surface area contributed by atoms with Crippen LogP contribution in [0.4, 0.5) is 5.95 Å². The summed E-state index contributed by atoms with van der Waals surface area (Å²) in [7, 11) is 0. The van der Waals surface area contributed by atoms with Gasteiger partial charge in [-0.25, -0.2) is 4.98 Å². The molecule has 0 atom stereocenters. The molecular weight excluding hydrogens is 236 g/mol. The molecule has 17 heavy (non-hydrogen) atoms. The summed E-state index contributed by atoms with van der Waals surface area (Å²) < 4.78 is 0. The Morgan fingerprint density at radius 1 is 1.29 bits per heavy atom. The van der Waals surface area contributed by atoms with E-state index in [1.54, 1.807) is 12.1 Å². The van der Waals surface area contributed by atoms with E-state index in [4.69, 9.17) is 11.0 Å². The fourth-order valence-corrected chi connectivity index (χ4v) is 1.53. The summed E-state index contributed by atoms with van der Waals surface area (Å²) >= 11 is 1.38. The number of nitrogens with two attached hydrogens (primary N) is 1. The van der Waals surface area contributed by atoms with Gasteiger partial charge in [-0.2, -0.15) is 15.2 Å². The zero-order valence-corrected chi connectivity index (χ0v) is 9.77. The number of rotatable bonds is 2. The number of hydrogen-bond acceptors (Lipinski definition) is 7. The monoisotopic (exact) mass is 244 g/mol. The van der Waals surface area contributed by atoms with E-state index in [1.807, 2.05) is 12.3 Å². The van der Waals surface area contributed by atoms with E-state index in [0.29, 0.717) is 22.2 Å². The predicted molar refractivity (Wildman–Crippen MR) is 64.0 cm³/mol. The Balaban J connectivity index is 2.45. The first kappa shape index (κ1) is 11.3. The fraction of sp³-hybridized carbons (Fsp3) is 0.100. The highest BCUT2D eigenvalue weighted by Crippen LogP contribution is 2.16. The summed E-state index contributed by atoms with van der Waals surface area (Å²) in [4.78, 5) is 16.2. The van der Waals surface area contributed by atoms with Crippen LogP contribution in [0.1, 0.15) is 5.56 Å². The molecule has 2 N–H and O–H groups in total. The number of thioether (sulfide) groups is 1. The summed E-state index contributed by atoms with van der Waals surface area (Å²) in [6.07, 6.45) is 3.32. The second kappa shape index (κ2) is 4.76. The van der Waals surface area contributed by atoms with Gasteiger partial charge in [0.15, 0.2) is 11.0 Å². The number of nitriles is 1. The second-order valence-corrected chi connectivity index (χ2v) is 3.82. The summed E-state index contributed by atoms with van der Waals surface area (Å²) in [5.41, 5.74) is 6.62. The van der Waals surface area contributed by atoms with Crippen LogP contribution in [-0.2, 0) is 0 Å². The minimum Gasteiger partial charge on any atom is -0.368 e. The van der Waals surface area contributed by atoms with Gasteiger partial charge in [-0.05, 0) is 18.4 Å². The Labute approximate surface area is 102 Å². The largest absolute Gasteiger partial charge is 0.368 e. The number of hydrogen-bond donors (Lipinski definition) is 1. The van der Waals surface area contributed by atoms with Crippen LogP contribution in [0.15, 0.2) is 23.5 Å². The average molecular weight is 244 g/mol. The van der Waals surface area contributed by atoms with Gasteiger partial charge in [0.1, 0.15) is 11.8 Å². The Hall–Kier alpha value is -2.20. The number of anilines is 1. The third-order valence-electron chi connectivity index (χ3n) is 1.94. The molecule has 0 aromatic carbocycles. The Bertz CT molecular complexity index is 574. The average Bonchev–Trinajstić information content (AvgIpc) is 2.38. The third-order valence-corrected chi connectivity index (χ3v) is 2.48. The number of nitrogen functional groups attached to an aromatic ring is 1. The second-order valence-electron chi connectivity index (χ2n) is 3.05. The zero-order valence-electron chi connectivity index (χ0n) is 8.95. The van der Waals surface area contributed by atoms with Crippen LogP contribution in [0.5, 0.6) is 0 Å². The third kappa shape index (κ3) is 2.49. The lowest BCUT2D eigenvalue weighted by molar-refractivity contribution is 0.921. The van der Waals surface area contributed by atoms with Crippen LogP contribution in [0, 0.1) is 11.3 Å². The predicted octanol–water partition coefficient (Wildman–Crippen LogP) is 1.11. The highest BCUT2D eigenvalue weighted by atomic mass is 32.2. The summed E-state index contributed by atoms with van der Waals surface area (Å²) in [6.45, 7) is 0. The van der Waals surface area contributed by atoms with Gasteiger partial charge in [0.05, 0.1) is 5.56 Å². The van der Waals surface area contributed by atoms with E-state index >= 15 is 0 Å². The van der Waals surface area contributed by atoms with Gasteiger partial charge < -0.3 is 5.73 Å². The highest BCUT2D eigenvalue weighted by molar-refractivity contribution is 7.98. The van der Waals surface area contributed by atoms with Crippen molar-refractivity contribution in [2.45, 2.75) is 5.16 Å². The Morgan fingerprint density at radius 2 is 2.12 bits per heavy atom. The maximum absolute atomic E-state index is 8.67. The van der Waals surface area contributed by atoms with Crippen molar-refractivity contribution in [3.63, 3.8) is 0 Å². The molecule has 2 aromatic heterocycles. The molecule has 0 saturated carbocycles. The van der Waals surface area contributed by atoms with Crippen molar-refractivity contribution in [3.05, 3.63) is 23.9 Å². The molecule has 0 aliphatic rings. The lowest BCUT2D eigenvalue weighted by Gasteiger charge is -2.02. The summed E-state index contributed by atoms with van der Waals surface area (Å²) in [6, 6.07) is 5.33. The standard InChI is InChI=1S/C10H8N6S/c1-17-10-15-8(14-9(12)16-10)7-3-2-6(4-11)5-13-7/h2-3,5H,1H3,(H2,12,14,15,16). The molecule has 2 aromatic rings. The van der Waals surface area contributed by atoms with Crippen LogP contribution >= 0.6 is 11.8 Å². The molecule has 0 spiro atoms. The smallest absolute Gasteiger partial charge is 0.224 e. The van der Waals surface area contributed by atoms with Crippen LogP contribution in [-0.4, -0.2) is 26.2 Å². The van der Waals surface area contributed by atoms with Crippen LogP contribution in [0.25, 0.3) is 11.5 Å². The molecule has 0 bridgehead atoms. The summed E-state index contributed by atoms with van der Waals surface area (Å²) in [5, 5.41) is 9.21. The maximum atomic E-state index is 8.67. The van der Waals surface area contributed by atoms with Gasteiger partial charge in [-0.15, -0.1) is 0 Å². The van der Waals surface area contributed by atoms with Crippen LogP contribution < -0.4 is 5.73 Å². The molecule has 0 saturated heterocycles. The van der Waals surface area contributed by atoms with Gasteiger partial charge in [0, 0.05) is 6.20 Å². The van der Waals surface area contributed by atoms with Gasteiger partial charge in [0.25, 0.3) is 0 Å². The first-order valence-corrected chi connectivity index (χ1v) is 5.87. The SMILES string of the molecule is CSc1nc(N)nc(-c2ccc(C#N)cn2)n1. The topological polar surface area (TPSA) is 101 Å². The highest BCUT2D eigenvalue weighted by Gasteiger charge is 2.07. The van der Waals surface area contributed by atoms with E-state index in [-0.39, 0.29) is 5.95 Å². The van der Waals surface area contributed by atoms with E-state index in [0.717, 1.165) is 0 Å². The van der Waals surface area contributed by atoms with E-state index < -0.39 is 0 Å². The van der Waals surface area contributed by atoms with Gasteiger partial charge in [-0.1, -0.05) is 11.8 Å². The number of aromatic nitrogens is 4. The normalized spacial score (nSPS) is 9.88. The Kier molecular flexibility index (Phi) is 3.16. The van der Waals surface area contributed by atoms with E-state index in [1.165, 1.54) is 18.0 Å². The van der Waals surface area contributed by atoms with E-state index in [9.17, 15) is 0 Å². The maximum Gasteiger partial charge on any atom is 0.224 e. The molecule has 84 valence electrons. The molecule has 0 aliphatic heterocycles. The molecule has 0 aliphatic carbocycles. The molecule has 0 fully saturated rings. The molecule has 7 heteroatoms. The van der Waals surface area contributed by atoms with Crippen molar-refractivity contribution >= 4 is 17.7 Å². The molecule has 6 nitrogen and oxygen atoms in total. The van der Waals surface area contributed by atoms with Crippen molar-refractivity contribution < 1.29 is 0 Å². The lowest BCUT2D eigenvalue weighted by atomic mass is 10.2. The van der Waals surface area contributed by atoms with Crippen molar-refractivity contribution in [1.29, 1.82) is 5.26 Å². The molecule has 0 unspecified atom stereocenters. The molecule has 2 rings (SSSR count). The quantitative estimate of drug-likeness (QED) is 0.789. The molecular formula is C10H8N6S. The van der Waals surface area contributed by atoms with Crippen molar-refractivity contribution in [2.75, 3.05) is 12.0 Å². The van der Waals surface area contributed by atoms with E-state index in [2.05, 4.69) is 19.9 Å². The van der Waals surface area contributed by atoms with Crippen LogP contribution in [0.2, 0.25) is 0 Å². The molecule has 2 heterocycles. The van der Waals surface area contributed by atoms with Gasteiger partial charge in [0.2, 0.25) is 5.95 Å². The van der Waals surface area contributed by atoms with Crippen molar-refractivity contribution in [2.24, 2.45) is 0 Å². The minimum absolute atomic E-state index is 0.158. The van der Waals surface area contributed by atoms with Crippen molar-refractivity contribution in [1.82, 2.24) is 19.9 Å². The number of nitrogens with zero attached hydrogens (tertiary/aromatic N) is 5. The zero-order chi connectivity index (χ0) is 12.3. The minimum atomic E-state index is 0.158.